The SMILES string of the molecule is Cc1[nH]c2c(c1C(=O)N1C[C@@H]3CNC[C@]3(C(=O)O)C1)C(=O)CCC2. The second-order valence-electron chi connectivity index (χ2n) is 7.23. The Morgan fingerprint density at radius 3 is 2.83 bits per heavy atom. The number of ketones is 1. The number of hydrogen-bond acceptors (Lipinski definition) is 4. The van der Waals surface area contributed by atoms with Crippen molar-refractivity contribution in [3.63, 3.8) is 0 Å². The highest BCUT2D eigenvalue weighted by molar-refractivity contribution is 6.10. The molecule has 0 radical (unpaired) electrons. The van der Waals surface area contributed by atoms with Gasteiger partial charge >= 0.3 is 5.97 Å². The number of rotatable bonds is 2. The number of carbonyl (C=O) groups is 3. The topological polar surface area (TPSA) is 102 Å². The molecule has 0 saturated carbocycles. The number of Topliss-reactive ketones (excluding diaryl/α,β-unsaturated/α-hetero) is 1. The quantitative estimate of drug-likeness (QED) is 0.736. The molecule has 1 aromatic rings. The van der Waals surface area contributed by atoms with Gasteiger partial charge in [0.25, 0.3) is 5.91 Å². The molecule has 0 aromatic carbocycles. The molecule has 1 amide bonds. The summed E-state index contributed by atoms with van der Waals surface area (Å²) in [5.74, 6) is -1.13. The fraction of sp³-hybridized carbons (Fsp3) is 0.588. The number of aromatic amines is 1. The first-order valence-corrected chi connectivity index (χ1v) is 8.42. The third-order valence-corrected chi connectivity index (χ3v) is 5.83. The summed E-state index contributed by atoms with van der Waals surface area (Å²) in [6, 6.07) is 0. The number of likely N-dealkylation sites (tertiary alicyclic amines) is 1. The molecule has 1 aliphatic carbocycles. The molecule has 0 spiro atoms. The lowest BCUT2D eigenvalue weighted by Gasteiger charge is -2.23. The molecule has 0 bridgehead atoms. The van der Waals surface area contributed by atoms with Crippen LogP contribution in [0, 0.1) is 18.3 Å². The van der Waals surface area contributed by atoms with Crippen molar-refractivity contribution >= 4 is 17.7 Å². The highest BCUT2D eigenvalue weighted by Gasteiger charge is 2.56. The van der Waals surface area contributed by atoms with Crippen molar-refractivity contribution in [2.45, 2.75) is 26.2 Å². The number of fused-ring (bicyclic) bond motifs is 2. The van der Waals surface area contributed by atoms with E-state index in [1.807, 2.05) is 6.92 Å². The summed E-state index contributed by atoms with van der Waals surface area (Å²) in [6.45, 7) is 3.43. The average Bonchev–Trinajstić information content (AvgIpc) is 3.16. The van der Waals surface area contributed by atoms with Crippen LogP contribution in [0.3, 0.4) is 0 Å². The van der Waals surface area contributed by atoms with E-state index in [1.54, 1.807) is 4.90 Å². The van der Waals surface area contributed by atoms with Gasteiger partial charge in [0.2, 0.25) is 0 Å². The van der Waals surface area contributed by atoms with Gasteiger partial charge in [-0.25, -0.2) is 0 Å². The van der Waals surface area contributed by atoms with Gasteiger partial charge in [-0.1, -0.05) is 0 Å². The van der Waals surface area contributed by atoms with Crippen LogP contribution < -0.4 is 5.32 Å². The van der Waals surface area contributed by atoms with Gasteiger partial charge in [-0.2, -0.15) is 0 Å². The van der Waals surface area contributed by atoms with Crippen molar-refractivity contribution in [2.24, 2.45) is 11.3 Å². The third kappa shape index (κ3) is 1.97. The van der Waals surface area contributed by atoms with Crippen LogP contribution in [-0.2, 0) is 11.2 Å². The smallest absolute Gasteiger partial charge is 0.313 e. The Morgan fingerprint density at radius 2 is 2.12 bits per heavy atom. The van der Waals surface area contributed by atoms with E-state index in [9.17, 15) is 19.5 Å². The van der Waals surface area contributed by atoms with Crippen LogP contribution in [0.5, 0.6) is 0 Å². The maximum atomic E-state index is 13.1. The van der Waals surface area contributed by atoms with Crippen molar-refractivity contribution in [3.05, 3.63) is 22.5 Å². The number of carbonyl (C=O) groups excluding carboxylic acids is 2. The zero-order valence-corrected chi connectivity index (χ0v) is 13.6. The summed E-state index contributed by atoms with van der Waals surface area (Å²) in [5, 5.41) is 12.8. The second-order valence-corrected chi connectivity index (χ2v) is 7.23. The molecule has 2 atom stereocenters. The standard InChI is InChI=1S/C17H21N3O4/c1-9-13(14-11(19-9)3-2-4-12(14)21)15(22)20-6-10-5-18-7-17(10,8-20)16(23)24/h10,18-19H,2-8H2,1H3,(H,23,24)/t10-,17-/m0/s1. The van der Waals surface area contributed by atoms with E-state index >= 15 is 0 Å². The van der Waals surface area contributed by atoms with Crippen molar-refractivity contribution in [2.75, 3.05) is 26.2 Å². The van der Waals surface area contributed by atoms with Crippen molar-refractivity contribution in [1.82, 2.24) is 15.2 Å². The zero-order valence-electron chi connectivity index (χ0n) is 13.6. The lowest BCUT2D eigenvalue weighted by Crippen LogP contribution is -2.41. The Balaban J connectivity index is 1.68. The lowest BCUT2D eigenvalue weighted by atomic mass is 9.81. The molecule has 7 heteroatoms. The van der Waals surface area contributed by atoms with Crippen LogP contribution >= 0.6 is 0 Å². The number of amides is 1. The highest BCUT2D eigenvalue weighted by Crippen LogP contribution is 2.40. The number of carboxylic acid groups (broad SMARTS) is 1. The van der Waals surface area contributed by atoms with Crippen LogP contribution in [0.25, 0.3) is 0 Å². The van der Waals surface area contributed by atoms with Crippen molar-refractivity contribution < 1.29 is 19.5 Å². The van der Waals surface area contributed by atoms with E-state index < -0.39 is 11.4 Å². The van der Waals surface area contributed by atoms with Gasteiger partial charge in [0.1, 0.15) is 5.41 Å². The number of aliphatic carboxylic acids is 1. The van der Waals surface area contributed by atoms with Gasteiger partial charge in [-0.15, -0.1) is 0 Å². The molecule has 3 N–H and O–H groups in total. The Morgan fingerprint density at radius 1 is 1.33 bits per heavy atom. The average molecular weight is 331 g/mol. The van der Waals surface area contributed by atoms with Gasteiger partial charge in [0.15, 0.2) is 5.78 Å². The number of nitrogens with zero attached hydrogens (tertiary/aromatic N) is 1. The Hall–Kier alpha value is -2.15. The first-order chi connectivity index (χ1) is 11.4. The lowest BCUT2D eigenvalue weighted by molar-refractivity contribution is -0.148. The van der Waals surface area contributed by atoms with Gasteiger partial charge in [-0.05, 0) is 19.8 Å². The second kappa shape index (κ2) is 5.17. The monoisotopic (exact) mass is 331 g/mol. The maximum Gasteiger partial charge on any atom is 0.313 e. The number of aryl methyl sites for hydroxylation is 2. The van der Waals surface area contributed by atoms with E-state index in [4.69, 9.17) is 0 Å². The van der Waals surface area contributed by atoms with Gasteiger partial charge < -0.3 is 20.3 Å². The minimum Gasteiger partial charge on any atom is -0.481 e. The van der Waals surface area contributed by atoms with Crippen LogP contribution in [0.1, 0.15) is 44.9 Å². The predicted molar refractivity (Wildman–Crippen MR) is 85.1 cm³/mol. The molecule has 2 saturated heterocycles. The third-order valence-electron chi connectivity index (χ3n) is 5.83. The summed E-state index contributed by atoms with van der Waals surface area (Å²) >= 11 is 0. The normalized spacial score (nSPS) is 28.8. The summed E-state index contributed by atoms with van der Waals surface area (Å²) in [5.41, 5.74) is 1.64. The number of nitrogens with one attached hydrogen (secondary N) is 2. The zero-order chi connectivity index (χ0) is 17.1. The molecule has 2 fully saturated rings. The Bertz CT molecular complexity index is 753. The number of hydrogen-bond donors (Lipinski definition) is 3. The van der Waals surface area contributed by atoms with Crippen LogP contribution in [-0.4, -0.2) is 58.8 Å². The first kappa shape index (κ1) is 15.4. The largest absolute Gasteiger partial charge is 0.481 e. The Kier molecular flexibility index (Phi) is 3.32. The minimum atomic E-state index is -0.899. The fourth-order valence-electron chi connectivity index (χ4n) is 4.54. The molecule has 1 aromatic heterocycles. The van der Waals surface area contributed by atoms with Gasteiger partial charge in [0, 0.05) is 49.9 Å². The van der Waals surface area contributed by atoms with Crippen LogP contribution in [0.15, 0.2) is 0 Å². The van der Waals surface area contributed by atoms with Crippen molar-refractivity contribution in [1.29, 1.82) is 0 Å². The van der Waals surface area contributed by atoms with E-state index in [1.165, 1.54) is 0 Å². The summed E-state index contributed by atoms with van der Waals surface area (Å²) in [4.78, 5) is 42.0. The molecular formula is C17H21N3O4. The molecule has 3 aliphatic rings. The van der Waals surface area contributed by atoms with E-state index in [2.05, 4.69) is 10.3 Å². The minimum absolute atomic E-state index is 0.0120. The maximum absolute atomic E-state index is 13.1. The number of aromatic nitrogens is 1. The van der Waals surface area contributed by atoms with Gasteiger partial charge in [0.05, 0.1) is 11.1 Å². The molecule has 2 aliphatic heterocycles. The molecule has 7 nitrogen and oxygen atoms in total. The molecule has 4 rings (SSSR count). The van der Waals surface area contributed by atoms with E-state index in [0.29, 0.717) is 42.9 Å². The van der Waals surface area contributed by atoms with Gasteiger partial charge in [-0.3, -0.25) is 14.4 Å². The predicted octanol–water partition coefficient (Wildman–Crippen LogP) is 0.588. The van der Waals surface area contributed by atoms with E-state index in [0.717, 1.165) is 18.5 Å². The summed E-state index contributed by atoms with van der Waals surface area (Å²) in [7, 11) is 0. The fourth-order valence-corrected chi connectivity index (χ4v) is 4.54. The summed E-state index contributed by atoms with van der Waals surface area (Å²) in [6.07, 6.45) is 2.05. The number of H-pyrrole nitrogens is 1. The molecule has 0 unspecified atom stereocenters. The molecular weight excluding hydrogens is 310 g/mol. The molecule has 128 valence electrons. The first-order valence-electron chi connectivity index (χ1n) is 8.42. The summed E-state index contributed by atoms with van der Waals surface area (Å²) < 4.78 is 0. The molecule has 3 heterocycles. The van der Waals surface area contributed by atoms with Crippen LogP contribution in [0.2, 0.25) is 0 Å². The Labute approximate surface area is 139 Å². The molecule has 24 heavy (non-hydrogen) atoms. The van der Waals surface area contributed by atoms with Crippen LogP contribution in [0.4, 0.5) is 0 Å². The number of carboxylic acids is 1. The van der Waals surface area contributed by atoms with E-state index in [-0.39, 0.29) is 24.2 Å². The highest BCUT2D eigenvalue weighted by atomic mass is 16.4. The van der Waals surface area contributed by atoms with Crippen molar-refractivity contribution in [3.8, 4) is 0 Å².